The summed E-state index contributed by atoms with van der Waals surface area (Å²) in [5.41, 5.74) is 1.26. The van der Waals surface area contributed by atoms with Crippen LogP contribution in [0.15, 0.2) is 65.0 Å². The Labute approximate surface area is 161 Å². The van der Waals surface area contributed by atoms with Crippen molar-refractivity contribution in [1.82, 2.24) is 10.3 Å². The standard InChI is InChI=1S/C18H17N3O4S2/c1-25-15-4-2-3-13(11-15)12-20-17(22)14-5-7-16(8-6-14)27(23,24)21-18-19-9-10-26-18/h2-11H,12H2,1H3,(H,19,21)(H,20,22). The molecule has 0 atom stereocenters. The molecule has 3 rings (SSSR count). The van der Waals surface area contributed by atoms with Crippen LogP contribution in [0.4, 0.5) is 5.13 Å². The number of amides is 1. The second-order valence-corrected chi connectivity index (χ2v) is 8.08. The summed E-state index contributed by atoms with van der Waals surface area (Å²) in [7, 11) is -2.16. The first-order valence-corrected chi connectivity index (χ1v) is 10.3. The van der Waals surface area contributed by atoms with Crippen LogP contribution in [0.25, 0.3) is 0 Å². The topological polar surface area (TPSA) is 97.4 Å². The summed E-state index contributed by atoms with van der Waals surface area (Å²) in [6.07, 6.45) is 1.51. The maximum atomic E-state index is 12.3. The predicted octanol–water partition coefficient (Wildman–Crippen LogP) is 2.88. The van der Waals surface area contributed by atoms with Crippen molar-refractivity contribution in [2.75, 3.05) is 11.8 Å². The van der Waals surface area contributed by atoms with E-state index in [9.17, 15) is 13.2 Å². The molecule has 1 aromatic heterocycles. The molecule has 1 amide bonds. The summed E-state index contributed by atoms with van der Waals surface area (Å²) < 4.78 is 32.1. The SMILES string of the molecule is COc1cccc(CNC(=O)c2ccc(S(=O)(=O)Nc3nccs3)cc2)c1. The number of carbonyl (C=O) groups excluding carboxylic acids is 1. The number of benzene rings is 2. The molecule has 140 valence electrons. The van der Waals surface area contributed by atoms with Gasteiger partial charge in [-0.2, -0.15) is 0 Å². The summed E-state index contributed by atoms with van der Waals surface area (Å²) in [4.78, 5) is 16.2. The Kier molecular flexibility index (Phi) is 5.72. The van der Waals surface area contributed by atoms with Crippen LogP contribution in [-0.2, 0) is 16.6 Å². The smallest absolute Gasteiger partial charge is 0.263 e. The van der Waals surface area contributed by atoms with E-state index in [4.69, 9.17) is 4.74 Å². The second kappa shape index (κ2) is 8.19. The summed E-state index contributed by atoms with van der Waals surface area (Å²) in [5, 5.41) is 4.75. The first-order chi connectivity index (χ1) is 13.0. The third-order valence-electron chi connectivity index (χ3n) is 3.67. The number of hydrogen-bond donors (Lipinski definition) is 2. The zero-order valence-corrected chi connectivity index (χ0v) is 16.0. The normalized spacial score (nSPS) is 11.0. The lowest BCUT2D eigenvalue weighted by Crippen LogP contribution is -2.23. The quantitative estimate of drug-likeness (QED) is 0.632. The molecule has 0 aliphatic heterocycles. The summed E-state index contributed by atoms with van der Waals surface area (Å²) in [6, 6.07) is 13.1. The van der Waals surface area contributed by atoms with Crippen LogP contribution in [0.3, 0.4) is 0 Å². The first kappa shape index (κ1) is 18.9. The second-order valence-electron chi connectivity index (χ2n) is 5.50. The fourth-order valence-electron chi connectivity index (χ4n) is 2.30. The fourth-order valence-corrected chi connectivity index (χ4v) is 4.09. The highest BCUT2D eigenvalue weighted by Gasteiger charge is 2.16. The number of rotatable bonds is 7. The van der Waals surface area contributed by atoms with Crippen LogP contribution in [0, 0.1) is 0 Å². The maximum Gasteiger partial charge on any atom is 0.263 e. The van der Waals surface area contributed by atoms with E-state index in [1.165, 1.54) is 41.8 Å². The van der Waals surface area contributed by atoms with E-state index in [0.29, 0.717) is 17.9 Å². The van der Waals surface area contributed by atoms with Crippen molar-refractivity contribution in [3.05, 3.63) is 71.2 Å². The van der Waals surface area contributed by atoms with Crippen LogP contribution >= 0.6 is 11.3 Å². The van der Waals surface area contributed by atoms with Crippen molar-refractivity contribution in [1.29, 1.82) is 0 Å². The Hall–Kier alpha value is -2.91. The Bertz CT molecular complexity index is 1020. The lowest BCUT2D eigenvalue weighted by molar-refractivity contribution is 0.0950. The first-order valence-electron chi connectivity index (χ1n) is 7.91. The Morgan fingerprint density at radius 2 is 1.96 bits per heavy atom. The highest BCUT2D eigenvalue weighted by Crippen LogP contribution is 2.18. The summed E-state index contributed by atoms with van der Waals surface area (Å²) in [5.74, 6) is 0.415. The lowest BCUT2D eigenvalue weighted by Gasteiger charge is -2.08. The van der Waals surface area contributed by atoms with Crippen molar-refractivity contribution in [2.24, 2.45) is 0 Å². The minimum atomic E-state index is -3.74. The number of nitrogens with one attached hydrogen (secondary N) is 2. The number of methoxy groups -OCH3 is 1. The summed E-state index contributed by atoms with van der Waals surface area (Å²) in [6.45, 7) is 0.335. The Balaban J connectivity index is 1.64. The van der Waals surface area contributed by atoms with Gasteiger partial charge in [-0.15, -0.1) is 11.3 Å². The van der Waals surface area contributed by atoms with E-state index >= 15 is 0 Å². The number of anilines is 1. The molecule has 27 heavy (non-hydrogen) atoms. The van der Waals surface area contributed by atoms with Crippen LogP contribution in [0.1, 0.15) is 15.9 Å². The van der Waals surface area contributed by atoms with E-state index < -0.39 is 10.0 Å². The van der Waals surface area contributed by atoms with E-state index in [0.717, 1.165) is 5.56 Å². The number of carbonyl (C=O) groups is 1. The molecule has 0 bridgehead atoms. The van der Waals surface area contributed by atoms with Gasteiger partial charge in [-0.1, -0.05) is 12.1 Å². The zero-order valence-electron chi connectivity index (χ0n) is 14.4. The van der Waals surface area contributed by atoms with E-state index in [1.54, 1.807) is 12.5 Å². The van der Waals surface area contributed by atoms with Crippen molar-refractivity contribution >= 4 is 32.4 Å². The maximum absolute atomic E-state index is 12.3. The van der Waals surface area contributed by atoms with Gasteiger partial charge in [0.25, 0.3) is 15.9 Å². The highest BCUT2D eigenvalue weighted by molar-refractivity contribution is 7.93. The van der Waals surface area contributed by atoms with Gasteiger partial charge >= 0.3 is 0 Å². The van der Waals surface area contributed by atoms with E-state index in [-0.39, 0.29) is 15.9 Å². The van der Waals surface area contributed by atoms with Crippen LogP contribution < -0.4 is 14.8 Å². The van der Waals surface area contributed by atoms with Crippen molar-refractivity contribution < 1.29 is 17.9 Å². The summed E-state index contributed by atoms with van der Waals surface area (Å²) >= 11 is 1.19. The minimum absolute atomic E-state index is 0.0574. The molecule has 0 aliphatic carbocycles. The molecule has 0 spiro atoms. The monoisotopic (exact) mass is 403 g/mol. The van der Waals surface area contributed by atoms with Gasteiger partial charge in [-0.25, -0.2) is 13.4 Å². The fraction of sp³-hybridized carbons (Fsp3) is 0.111. The largest absolute Gasteiger partial charge is 0.497 e. The molecule has 0 saturated carbocycles. The number of aromatic nitrogens is 1. The molecule has 3 aromatic rings. The van der Waals surface area contributed by atoms with Gasteiger partial charge < -0.3 is 10.1 Å². The van der Waals surface area contributed by atoms with Gasteiger partial charge in [0.2, 0.25) is 0 Å². The molecule has 0 aliphatic rings. The Morgan fingerprint density at radius 3 is 2.63 bits per heavy atom. The van der Waals surface area contributed by atoms with Crippen molar-refractivity contribution in [3.8, 4) is 5.75 Å². The van der Waals surface area contributed by atoms with Crippen LogP contribution in [0.5, 0.6) is 5.75 Å². The average Bonchev–Trinajstić information content (AvgIpc) is 3.18. The van der Waals surface area contributed by atoms with Gasteiger partial charge in [-0.05, 0) is 42.0 Å². The molecule has 7 nitrogen and oxygen atoms in total. The van der Waals surface area contributed by atoms with E-state index in [1.807, 2.05) is 24.3 Å². The van der Waals surface area contributed by atoms with Gasteiger partial charge in [0.1, 0.15) is 5.75 Å². The third kappa shape index (κ3) is 4.83. The number of nitrogens with zero attached hydrogens (tertiary/aromatic N) is 1. The molecule has 2 N–H and O–H groups in total. The molecule has 0 unspecified atom stereocenters. The Morgan fingerprint density at radius 1 is 1.19 bits per heavy atom. The minimum Gasteiger partial charge on any atom is -0.497 e. The van der Waals surface area contributed by atoms with Crippen LogP contribution in [-0.4, -0.2) is 26.4 Å². The number of thiazole rings is 1. The molecule has 2 aromatic carbocycles. The highest BCUT2D eigenvalue weighted by atomic mass is 32.2. The number of ether oxygens (including phenoxy) is 1. The molecular weight excluding hydrogens is 386 g/mol. The molecule has 1 heterocycles. The molecule has 0 radical (unpaired) electrons. The molecular formula is C18H17N3O4S2. The van der Waals surface area contributed by atoms with Crippen molar-refractivity contribution in [2.45, 2.75) is 11.4 Å². The number of hydrogen-bond acceptors (Lipinski definition) is 6. The molecule has 0 saturated heterocycles. The molecule has 9 heteroatoms. The lowest BCUT2D eigenvalue weighted by atomic mass is 10.2. The van der Waals surface area contributed by atoms with Gasteiger partial charge in [0.15, 0.2) is 5.13 Å². The van der Waals surface area contributed by atoms with Crippen LogP contribution in [0.2, 0.25) is 0 Å². The van der Waals surface area contributed by atoms with E-state index in [2.05, 4.69) is 15.0 Å². The number of sulfonamides is 1. The van der Waals surface area contributed by atoms with Gasteiger partial charge in [0.05, 0.1) is 12.0 Å². The molecule has 0 fully saturated rings. The predicted molar refractivity (Wildman–Crippen MR) is 104 cm³/mol. The van der Waals surface area contributed by atoms with Crippen molar-refractivity contribution in [3.63, 3.8) is 0 Å². The third-order valence-corrected chi connectivity index (χ3v) is 5.84. The van der Waals surface area contributed by atoms with Gasteiger partial charge in [-0.3, -0.25) is 9.52 Å². The van der Waals surface area contributed by atoms with Gasteiger partial charge in [0, 0.05) is 23.7 Å². The zero-order chi connectivity index (χ0) is 19.3. The average molecular weight is 403 g/mol.